The number of H-pyrrole nitrogens is 1. The van der Waals surface area contributed by atoms with E-state index in [2.05, 4.69) is 23.8 Å². The quantitative estimate of drug-likeness (QED) is 0.880. The number of rotatable bonds is 5. The zero-order valence-electron chi connectivity index (χ0n) is 11.9. The summed E-state index contributed by atoms with van der Waals surface area (Å²) in [5, 5.41) is 10.5. The maximum atomic E-state index is 12.2. The van der Waals surface area contributed by atoms with Crippen LogP contribution in [0, 0.1) is 5.92 Å². The minimum absolute atomic E-state index is 0.109. The second-order valence-corrected chi connectivity index (χ2v) is 6.54. The normalized spacial score (nSPS) is 11.0. The van der Waals surface area contributed by atoms with Gasteiger partial charge in [-0.25, -0.2) is 0 Å². The highest BCUT2D eigenvalue weighted by Crippen LogP contribution is 2.30. The molecule has 1 heterocycles. The summed E-state index contributed by atoms with van der Waals surface area (Å²) in [6.07, 6.45) is 0. The molecule has 6 heteroatoms. The lowest BCUT2D eigenvalue weighted by Crippen LogP contribution is -2.14. The van der Waals surface area contributed by atoms with Crippen molar-refractivity contribution in [1.29, 1.82) is 0 Å². The van der Waals surface area contributed by atoms with Gasteiger partial charge in [0.05, 0.1) is 5.75 Å². The monoisotopic (exact) mass is 324 g/mol. The molecular weight excluding hydrogens is 308 g/mol. The number of benzene rings is 1. The van der Waals surface area contributed by atoms with E-state index < -0.39 is 0 Å². The summed E-state index contributed by atoms with van der Waals surface area (Å²) in [7, 11) is 0. The van der Waals surface area contributed by atoms with Crippen molar-refractivity contribution >= 4 is 23.4 Å². The smallest absolute Gasteiger partial charge is 0.262 e. The van der Waals surface area contributed by atoms with Gasteiger partial charge in [0, 0.05) is 10.6 Å². The average Bonchev–Trinajstić information content (AvgIpc) is 2.39. The number of nitrogens with zero attached hydrogens (tertiary/aromatic N) is 1. The van der Waals surface area contributed by atoms with Crippen molar-refractivity contribution in [3.63, 3.8) is 0 Å². The molecule has 0 amide bonds. The van der Waals surface area contributed by atoms with Crippen molar-refractivity contribution in [2.45, 2.75) is 19.6 Å². The van der Waals surface area contributed by atoms with Crippen molar-refractivity contribution in [2.24, 2.45) is 5.92 Å². The molecule has 0 saturated heterocycles. The predicted octanol–water partition coefficient (Wildman–Crippen LogP) is 3.69. The van der Waals surface area contributed by atoms with Crippen LogP contribution in [0.25, 0.3) is 11.1 Å². The summed E-state index contributed by atoms with van der Waals surface area (Å²) >= 11 is 7.73. The van der Waals surface area contributed by atoms with Crippen LogP contribution >= 0.6 is 23.4 Å². The van der Waals surface area contributed by atoms with Gasteiger partial charge >= 0.3 is 0 Å². The molecule has 2 N–H and O–H groups in total. The number of halogens is 1. The zero-order chi connectivity index (χ0) is 15.4. The van der Waals surface area contributed by atoms with Crippen LogP contribution in [0.2, 0.25) is 5.02 Å². The summed E-state index contributed by atoms with van der Waals surface area (Å²) in [6, 6.07) is 6.87. The van der Waals surface area contributed by atoms with Crippen LogP contribution in [-0.4, -0.2) is 20.8 Å². The van der Waals surface area contributed by atoms with Gasteiger partial charge in [0.1, 0.15) is 11.4 Å². The number of aromatic hydroxyl groups is 1. The van der Waals surface area contributed by atoms with E-state index in [9.17, 15) is 9.90 Å². The van der Waals surface area contributed by atoms with Gasteiger partial charge in [-0.15, -0.1) is 0 Å². The Morgan fingerprint density at radius 2 is 2.10 bits per heavy atom. The Morgan fingerprint density at radius 1 is 1.38 bits per heavy atom. The Morgan fingerprint density at radius 3 is 2.71 bits per heavy atom. The van der Waals surface area contributed by atoms with Gasteiger partial charge in [0.15, 0.2) is 0 Å². The largest absolute Gasteiger partial charge is 0.493 e. The number of thioether (sulfide) groups is 1. The summed E-state index contributed by atoms with van der Waals surface area (Å²) in [6.45, 7) is 4.25. The molecule has 1 aromatic heterocycles. The lowest BCUT2D eigenvalue weighted by atomic mass is 10.1. The fourth-order valence-corrected chi connectivity index (χ4v) is 3.02. The summed E-state index contributed by atoms with van der Waals surface area (Å²) < 4.78 is 0. The molecule has 0 atom stereocenters. The standard InChI is InChI=1S/C15H17ClN2O2S/c1-9(2)7-21-8-12-17-14(19)13(15(20)18-12)10-5-3-4-6-11(10)16/h3-6,9H,7-8H2,1-2H3,(H2,17,18,19,20). The van der Waals surface area contributed by atoms with Gasteiger partial charge in [-0.1, -0.05) is 43.6 Å². The van der Waals surface area contributed by atoms with Gasteiger partial charge in [-0.05, 0) is 17.7 Å². The fourth-order valence-electron chi connectivity index (χ4n) is 1.87. The Kier molecular flexibility index (Phi) is 5.31. The number of aromatic amines is 1. The van der Waals surface area contributed by atoms with Gasteiger partial charge in [-0.2, -0.15) is 16.7 Å². The maximum Gasteiger partial charge on any atom is 0.262 e. The lowest BCUT2D eigenvalue weighted by Gasteiger charge is -2.08. The molecule has 2 aromatic rings. The molecule has 2 rings (SSSR count). The zero-order valence-corrected chi connectivity index (χ0v) is 13.5. The van der Waals surface area contributed by atoms with Crippen LogP contribution in [0.3, 0.4) is 0 Å². The molecule has 0 bridgehead atoms. The third-order valence-electron chi connectivity index (χ3n) is 2.78. The van der Waals surface area contributed by atoms with Crippen LogP contribution in [0.1, 0.15) is 19.7 Å². The Bertz CT molecular complexity index is 686. The highest BCUT2D eigenvalue weighted by molar-refractivity contribution is 7.98. The van der Waals surface area contributed by atoms with E-state index >= 15 is 0 Å². The van der Waals surface area contributed by atoms with E-state index in [0.717, 1.165) is 5.75 Å². The van der Waals surface area contributed by atoms with Crippen LogP contribution in [-0.2, 0) is 5.75 Å². The van der Waals surface area contributed by atoms with E-state index in [1.807, 2.05) is 0 Å². The second-order valence-electron chi connectivity index (χ2n) is 5.10. The topological polar surface area (TPSA) is 66.0 Å². The third kappa shape index (κ3) is 4.02. The van der Waals surface area contributed by atoms with Crippen LogP contribution in [0.4, 0.5) is 0 Å². The molecule has 0 spiro atoms. The van der Waals surface area contributed by atoms with Gasteiger partial charge in [-0.3, -0.25) is 4.79 Å². The van der Waals surface area contributed by atoms with Crippen molar-refractivity contribution in [2.75, 3.05) is 5.75 Å². The Balaban J connectivity index is 2.30. The van der Waals surface area contributed by atoms with E-state index in [0.29, 0.717) is 28.1 Å². The van der Waals surface area contributed by atoms with Crippen molar-refractivity contribution in [3.8, 4) is 17.0 Å². The molecule has 112 valence electrons. The first-order valence-corrected chi connectivity index (χ1v) is 8.17. The van der Waals surface area contributed by atoms with E-state index in [-0.39, 0.29) is 17.0 Å². The minimum atomic E-state index is -0.379. The Labute approximate surface area is 132 Å². The molecule has 0 fully saturated rings. The Hall–Kier alpha value is -1.46. The van der Waals surface area contributed by atoms with Crippen molar-refractivity contribution in [1.82, 2.24) is 9.97 Å². The summed E-state index contributed by atoms with van der Waals surface area (Å²) in [5.74, 6) is 2.28. The molecular formula is C15H17ClN2O2S. The highest BCUT2D eigenvalue weighted by atomic mass is 35.5. The second kappa shape index (κ2) is 7.00. The maximum absolute atomic E-state index is 12.2. The van der Waals surface area contributed by atoms with Crippen molar-refractivity contribution in [3.05, 3.63) is 45.5 Å². The first-order valence-electron chi connectivity index (χ1n) is 6.64. The van der Waals surface area contributed by atoms with E-state index in [1.165, 1.54) is 0 Å². The van der Waals surface area contributed by atoms with Gasteiger partial charge < -0.3 is 10.1 Å². The lowest BCUT2D eigenvalue weighted by molar-refractivity contribution is 0.451. The molecule has 0 aliphatic carbocycles. The van der Waals surface area contributed by atoms with E-state index in [1.54, 1.807) is 36.0 Å². The first-order chi connectivity index (χ1) is 9.99. The molecule has 0 aliphatic rings. The molecule has 0 saturated carbocycles. The summed E-state index contributed by atoms with van der Waals surface area (Å²) in [5.41, 5.74) is 0.209. The molecule has 0 radical (unpaired) electrons. The SMILES string of the molecule is CC(C)CSCc1nc(O)c(-c2ccccc2Cl)c(=O)[nH]1. The minimum Gasteiger partial charge on any atom is -0.493 e. The predicted molar refractivity (Wildman–Crippen MR) is 88.0 cm³/mol. The van der Waals surface area contributed by atoms with Gasteiger partial charge in [0.25, 0.3) is 5.56 Å². The molecule has 21 heavy (non-hydrogen) atoms. The highest BCUT2D eigenvalue weighted by Gasteiger charge is 2.15. The number of hydrogen-bond donors (Lipinski definition) is 2. The van der Waals surface area contributed by atoms with Crippen LogP contribution in [0.15, 0.2) is 29.1 Å². The molecule has 0 aliphatic heterocycles. The first kappa shape index (κ1) is 15.9. The number of hydrogen-bond acceptors (Lipinski definition) is 4. The third-order valence-corrected chi connectivity index (χ3v) is 4.49. The molecule has 1 aromatic carbocycles. The number of nitrogens with one attached hydrogen (secondary N) is 1. The van der Waals surface area contributed by atoms with E-state index in [4.69, 9.17) is 11.6 Å². The summed E-state index contributed by atoms with van der Waals surface area (Å²) in [4.78, 5) is 19.0. The molecule has 4 nitrogen and oxygen atoms in total. The average molecular weight is 325 g/mol. The number of aromatic nitrogens is 2. The molecule has 0 unspecified atom stereocenters. The fraction of sp³-hybridized carbons (Fsp3) is 0.333. The van der Waals surface area contributed by atoms with Crippen LogP contribution in [0.5, 0.6) is 5.88 Å². The van der Waals surface area contributed by atoms with Crippen LogP contribution < -0.4 is 5.56 Å². The van der Waals surface area contributed by atoms with Gasteiger partial charge in [0.2, 0.25) is 5.88 Å². The van der Waals surface area contributed by atoms with Crippen molar-refractivity contribution < 1.29 is 5.11 Å².